The SMILES string of the molecule is C=CCNCC(O)c1ccccc1CO. The van der Waals surface area contributed by atoms with Crippen LogP contribution in [0, 0.1) is 0 Å². The summed E-state index contributed by atoms with van der Waals surface area (Å²) < 4.78 is 0. The van der Waals surface area contributed by atoms with Crippen molar-refractivity contribution in [3.8, 4) is 0 Å². The second-order valence-corrected chi connectivity index (χ2v) is 3.32. The van der Waals surface area contributed by atoms with Gasteiger partial charge in [0.05, 0.1) is 12.7 Å². The van der Waals surface area contributed by atoms with Gasteiger partial charge in [-0.3, -0.25) is 0 Å². The van der Waals surface area contributed by atoms with Crippen molar-refractivity contribution in [3.63, 3.8) is 0 Å². The number of rotatable bonds is 6. The third kappa shape index (κ3) is 3.47. The number of benzene rings is 1. The average Bonchev–Trinajstić information content (AvgIpc) is 2.29. The standard InChI is InChI=1S/C12H17NO2/c1-2-7-13-8-12(15)11-6-4-3-5-10(11)9-14/h2-6,12-15H,1,7-9H2. The lowest BCUT2D eigenvalue weighted by molar-refractivity contribution is 0.172. The molecule has 0 bridgehead atoms. The lowest BCUT2D eigenvalue weighted by atomic mass is 10.0. The van der Waals surface area contributed by atoms with Crippen LogP contribution in [-0.4, -0.2) is 23.3 Å². The molecule has 0 spiro atoms. The molecule has 1 atom stereocenters. The van der Waals surface area contributed by atoms with Crippen molar-refractivity contribution in [1.29, 1.82) is 0 Å². The third-order valence-corrected chi connectivity index (χ3v) is 2.21. The normalized spacial score (nSPS) is 12.4. The van der Waals surface area contributed by atoms with Crippen molar-refractivity contribution in [2.24, 2.45) is 0 Å². The first-order valence-corrected chi connectivity index (χ1v) is 4.98. The van der Waals surface area contributed by atoms with Gasteiger partial charge < -0.3 is 15.5 Å². The fraction of sp³-hybridized carbons (Fsp3) is 0.333. The minimum atomic E-state index is -0.590. The highest BCUT2D eigenvalue weighted by Crippen LogP contribution is 2.17. The molecule has 0 heterocycles. The molecular formula is C12H17NO2. The maximum absolute atomic E-state index is 9.85. The molecule has 3 N–H and O–H groups in total. The fourth-order valence-corrected chi connectivity index (χ4v) is 1.44. The Morgan fingerprint density at radius 1 is 1.40 bits per heavy atom. The third-order valence-electron chi connectivity index (χ3n) is 2.21. The monoisotopic (exact) mass is 207 g/mol. The van der Waals surface area contributed by atoms with Crippen LogP contribution in [0.1, 0.15) is 17.2 Å². The van der Waals surface area contributed by atoms with Crippen LogP contribution in [0.25, 0.3) is 0 Å². The molecular weight excluding hydrogens is 190 g/mol. The zero-order chi connectivity index (χ0) is 11.1. The summed E-state index contributed by atoms with van der Waals surface area (Å²) in [6.07, 6.45) is 1.15. The lowest BCUT2D eigenvalue weighted by Gasteiger charge is -2.14. The van der Waals surface area contributed by atoms with Crippen LogP contribution < -0.4 is 5.32 Å². The van der Waals surface area contributed by atoms with Crippen LogP contribution in [0.4, 0.5) is 0 Å². The predicted octanol–water partition coefficient (Wildman–Crippen LogP) is 0.988. The van der Waals surface area contributed by atoms with Crippen LogP contribution in [0.15, 0.2) is 36.9 Å². The molecule has 0 aliphatic heterocycles. The summed E-state index contributed by atoms with van der Waals surface area (Å²) in [6.45, 7) is 4.66. The summed E-state index contributed by atoms with van der Waals surface area (Å²) >= 11 is 0. The van der Waals surface area contributed by atoms with Crippen LogP contribution in [0.3, 0.4) is 0 Å². The van der Waals surface area contributed by atoms with Gasteiger partial charge in [0.15, 0.2) is 0 Å². The summed E-state index contributed by atoms with van der Waals surface area (Å²) in [7, 11) is 0. The molecule has 0 amide bonds. The van der Waals surface area contributed by atoms with E-state index in [-0.39, 0.29) is 6.61 Å². The van der Waals surface area contributed by atoms with E-state index < -0.39 is 6.10 Å². The van der Waals surface area contributed by atoms with E-state index in [9.17, 15) is 5.11 Å². The van der Waals surface area contributed by atoms with Crippen molar-refractivity contribution in [3.05, 3.63) is 48.0 Å². The van der Waals surface area contributed by atoms with Gasteiger partial charge in [-0.1, -0.05) is 30.3 Å². The van der Waals surface area contributed by atoms with Crippen molar-refractivity contribution in [2.45, 2.75) is 12.7 Å². The summed E-state index contributed by atoms with van der Waals surface area (Å²) in [6, 6.07) is 7.34. The molecule has 1 aromatic carbocycles. The lowest BCUT2D eigenvalue weighted by Crippen LogP contribution is -2.22. The molecule has 0 saturated heterocycles. The molecule has 0 aliphatic carbocycles. The Morgan fingerprint density at radius 2 is 2.13 bits per heavy atom. The molecule has 0 radical (unpaired) electrons. The molecule has 15 heavy (non-hydrogen) atoms. The van der Waals surface area contributed by atoms with Crippen LogP contribution >= 0.6 is 0 Å². The first kappa shape index (κ1) is 11.9. The van der Waals surface area contributed by atoms with Gasteiger partial charge in [0.25, 0.3) is 0 Å². The number of hydrogen-bond acceptors (Lipinski definition) is 3. The molecule has 0 fully saturated rings. The second kappa shape index (κ2) is 6.35. The Hall–Kier alpha value is -1.16. The minimum Gasteiger partial charge on any atom is -0.392 e. The number of nitrogens with one attached hydrogen (secondary N) is 1. The maximum Gasteiger partial charge on any atom is 0.0917 e. The first-order chi connectivity index (χ1) is 7.29. The zero-order valence-corrected chi connectivity index (χ0v) is 8.69. The average molecular weight is 207 g/mol. The van der Waals surface area contributed by atoms with Crippen molar-refractivity contribution < 1.29 is 10.2 Å². The number of aliphatic hydroxyl groups is 2. The summed E-state index contributed by atoms with van der Waals surface area (Å²) in [5.74, 6) is 0. The van der Waals surface area contributed by atoms with E-state index in [1.54, 1.807) is 6.08 Å². The van der Waals surface area contributed by atoms with Gasteiger partial charge in [0.1, 0.15) is 0 Å². The quantitative estimate of drug-likeness (QED) is 0.481. The molecule has 3 nitrogen and oxygen atoms in total. The van der Waals surface area contributed by atoms with E-state index in [1.165, 1.54) is 0 Å². The van der Waals surface area contributed by atoms with E-state index in [0.717, 1.165) is 11.1 Å². The molecule has 0 aromatic heterocycles. The smallest absolute Gasteiger partial charge is 0.0917 e. The predicted molar refractivity (Wildman–Crippen MR) is 60.4 cm³/mol. The van der Waals surface area contributed by atoms with Crippen molar-refractivity contribution in [2.75, 3.05) is 13.1 Å². The summed E-state index contributed by atoms with van der Waals surface area (Å²) in [5.41, 5.74) is 1.54. The number of aliphatic hydroxyl groups excluding tert-OH is 2. The Labute approximate surface area is 90.1 Å². The van der Waals surface area contributed by atoms with Gasteiger partial charge in [-0.2, -0.15) is 0 Å². The van der Waals surface area contributed by atoms with E-state index in [0.29, 0.717) is 13.1 Å². The van der Waals surface area contributed by atoms with Gasteiger partial charge >= 0.3 is 0 Å². The van der Waals surface area contributed by atoms with Crippen molar-refractivity contribution >= 4 is 0 Å². The van der Waals surface area contributed by atoms with Crippen molar-refractivity contribution in [1.82, 2.24) is 5.32 Å². The highest BCUT2D eigenvalue weighted by atomic mass is 16.3. The highest BCUT2D eigenvalue weighted by molar-refractivity contribution is 5.28. The fourth-order valence-electron chi connectivity index (χ4n) is 1.44. The molecule has 1 rings (SSSR count). The van der Waals surface area contributed by atoms with E-state index >= 15 is 0 Å². The van der Waals surface area contributed by atoms with Crippen LogP contribution in [-0.2, 0) is 6.61 Å². The zero-order valence-electron chi connectivity index (χ0n) is 8.69. The Kier molecular flexibility index (Phi) is 5.04. The molecule has 1 unspecified atom stereocenters. The molecule has 3 heteroatoms. The minimum absolute atomic E-state index is 0.0469. The van der Waals surface area contributed by atoms with Crippen LogP contribution in [0.5, 0.6) is 0 Å². The Morgan fingerprint density at radius 3 is 2.80 bits per heavy atom. The highest BCUT2D eigenvalue weighted by Gasteiger charge is 2.10. The van der Waals surface area contributed by atoms with Gasteiger partial charge in [-0.15, -0.1) is 6.58 Å². The topological polar surface area (TPSA) is 52.5 Å². The Bertz CT molecular complexity index is 312. The van der Waals surface area contributed by atoms with E-state index in [1.807, 2.05) is 24.3 Å². The van der Waals surface area contributed by atoms with E-state index in [4.69, 9.17) is 5.11 Å². The summed E-state index contributed by atoms with van der Waals surface area (Å²) in [4.78, 5) is 0. The van der Waals surface area contributed by atoms with Gasteiger partial charge in [0.2, 0.25) is 0 Å². The maximum atomic E-state index is 9.85. The van der Waals surface area contributed by atoms with E-state index in [2.05, 4.69) is 11.9 Å². The first-order valence-electron chi connectivity index (χ1n) is 4.98. The molecule has 1 aromatic rings. The Balaban J connectivity index is 2.63. The van der Waals surface area contributed by atoms with Gasteiger partial charge in [-0.25, -0.2) is 0 Å². The number of hydrogen-bond donors (Lipinski definition) is 3. The molecule has 0 aliphatic rings. The van der Waals surface area contributed by atoms with Gasteiger partial charge in [-0.05, 0) is 11.1 Å². The summed E-state index contributed by atoms with van der Waals surface area (Å²) in [5, 5.41) is 22.0. The largest absolute Gasteiger partial charge is 0.392 e. The molecule has 82 valence electrons. The molecule has 0 saturated carbocycles. The van der Waals surface area contributed by atoms with Crippen LogP contribution in [0.2, 0.25) is 0 Å². The second-order valence-electron chi connectivity index (χ2n) is 3.32. The van der Waals surface area contributed by atoms with Gasteiger partial charge in [0, 0.05) is 13.1 Å².